The summed E-state index contributed by atoms with van der Waals surface area (Å²) in [5.74, 6) is 0.939. The molecule has 0 aromatic heterocycles. The highest BCUT2D eigenvalue weighted by atomic mass is 16.6. The third-order valence-electron chi connectivity index (χ3n) is 1.93. The van der Waals surface area contributed by atoms with E-state index in [0.717, 1.165) is 19.0 Å². The second kappa shape index (κ2) is 3.15. The Kier molecular flexibility index (Phi) is 2.00. The summed E-state index contributed by atoms with van der Waals surface area (Å²) in [6.07, 6.45) is 0.271. The topological polar surface area (TPSA) is 18.5 Å². The summed E-state index contributed by atoms with van der Waals surface area (Å²) in [5, 5.41) is 0. The van der Waals surface area contributed by atoms with Crippen molar-refractivity contribution in [1.29, 1.82) is 0 Å². The van der Waals surface area contributed by atoms with Crippen LogP contribution in [0.1, 0.15) is 5.56 Å². The zero-order valence-electron chi connectivity index (χ0n) is 7.12. The molecule has 2 rings (SSSR count). The Bertz CT molecular complexity index is 249. The van der Waals surface area contributed by atoms with Crippen molar-refractivity contribution in [1.82, 2.24) is 0 Å². The lowest BCUT2D eigenvalue weighted by Crippen LogP contribution is -2.38. The minimum absolute atomic E-state index is 0.271. The zero-order valence-corrected chi connectivity index (χ0v) is 7.12. The summed E-state index contributed by atoms with van der Waals surface area (Å²) in [4.78, 5) is 0. The van der Waals surface area contributed by atoms with E-state index in [1.807, 2.05) is 12.1 Å². The van der Waals surface area contributed by atoms with Crippen molar-refractivity contribution in [3.8, 4) is 5.75 Å². The first-order chi connectivity index (χ1) is 5.84. The molecule has 12 heavy (non-hydrogen) atoms. The van der Waals surface area contributed by atoms with E-state index in [4.69, 9.17) is 9.47 Å². The molecule has 1 heterocycles. The zero-order chi connectivity index (χ0) is 8.39. The van der Waals surface area contributed by atoms with Crippen LogP contribution in [0.4, 0.5) is 0 Å². The van der Waals surface area contributed by atoms with Gasteiger partial charge in [-0.25, -0.2) is 0 Å². The predicted molar refractivity (Wildman–Crippen MR) is 46.4 cm³/mol. The number of aryl methyl sites for hydroxylation is 1. The van der Waals surface area contributed by atoms with Crippen LogP contribution in [0.3, 0.4) is 0 Å². The molecule has 0 unspecified atom stereocenters. The van der Waals surface area contributed by atoms with Crippen LogP contribution in [-0.2, 0) is 4.74 Å². The molecule has 0 spiro atoms. The Morgan fingerprint density at radius 3 is 2.42 bits per heavy atom. The molecular formula is C10H12O2. The summed E-state index contributed by atoms with van der Waals surface area (Å²) < 4.78 is 10.6. The standard InChI is InChI=1S/C10H12O2/c1-8-2-4-9(5-3-8)12-10-6-11-7-10/h2-5,10H,6-7H2,1H3. The fourth-order valence-corrected chi connectivity index (χ4v) is 1.09. The lowest BCUT2D eigenvalue weighted by atomic mass is 10.2. The van der Waals surface area contributed by atoms with Gasteiger partial charge in [0.1, 0.15) is 11.9 Å². The minimum Gasteiger partial charge on any atom is -0.486 e. The van der Waals surface area contributed by atoms with Crippen molar-refractivity contribution in [2.24, 2.45) is 0 Å². The molecular weight excluding hydrogens is 152 g/mol. The maximum Gasteiger partial charge on any atom is 0.145 e. The summed E-state index contributed by atoms with van der Waals surface area (Å²) >= 11 is 0. The third-order valence-corrected chi connectivity index (χ3v) is 1.93. The highest BCUT2D eigenvalue weighted by Crippen LogP contribution is 2.16. The van der Waals surface area contributed by atoms with Gasteiger partial charge in [-0.15, -0.1) is 0 Å². The lowest BCUT2D eigenvalue weighted by molar-refractivity contribution is -0.0796. The van der Waals surface area contributed by atoms with Crippen molar-refractivity contribution in [3.63, 3.8) is 0 Å². The fourth-order valence-electron chi connectivity index (χ4n) is 1.09. The molecule has 2 heteroatoms. The Labute approximate surface area is 72.1 Å². The van der Waals surface area contributed by atoms with Gasteiger partial charge in [0.2, 0.25) is 0 Å². The predicted octanol–water partition coefficient (Wildman–Crippen LogP) is 1.77. The van der Waals surface area contributed by atoms with Crippen LogP contribution in [0.25, 0.3) is 0 Å². The quantitative estimate of drug-likeness (QED) is 0.663. The highest BCUT2D eigenvalue weighted by molar-refractivity contribution is 5.26. The molecule has 64 valence electrons. The Morgan fingerprint density at radius 2 is 1.92 bits per heavy atom. The van der Waals surface area contributed by atoms with Gasteiger partial charge in [0.05, 0.1) is 13.2 Å². The monoisotopic (exact) mass is 164 g/mol. The van der Waals surface area contributed by atoms with Crippen LogP contribution < -0.4 is 4.74 Å². The van der Waals surface area contributed by atoms with Gasteiger partial charge in [0.25, 0.3) is 0 Å². The highest BCUT2D eigenvalue weighted by Gasteiger charge is 2.19. The number of ether oxygens (including phenoxy) is 2. The van der Waals surface area contributed by atoms with Crippen LogP contribution >= 0.6 is 0 Å². The summed E-state index contributed by atoms with van der Waals surface area (Å²) in [5.41, 5.74) is 1.26. The summed E-state index contributed by atoms with van der Waals surface area (Å²) in [7, 11) is 0. The van der Waals surface area contributed by atoms with Crippen molar-refractivity contribution in [2.45, 2.75) is 13.0 Å². The van der Waals surface area contributed by atoms with Crippen molar-refractivity contribution >= 4 is 0 Å². The SMILES string of the molecule is Cc1ccc(OC2COC2)cc1. The maximum absolute atomic E-state index is 5.58. The molecule has 0 atom stereocenters. The third kappa shape index (κ3) is 1.59. The molecule has 0 radical (unpaired) electrons. The van der Waals surface area contributed by atoms with Gasteiger partial charge < -0.3 is 9.47 Å². The Hall–Kier alpha value is -1.02. The summed E-state index contributed by atoms with van der Waals surface area (Å²) in [6, 6.07) is 8.09. The molecule has 0 amide bonds. The van der Waals surface area contributed by atoms with E-state index in [0.29, 0.717) is 0 Å². The normalized spacial score (nSPS) is 17.1. The second-order valence-corrected chi connectivity index (χ2v) is 3.09. The molecule has 1 aliphatic rings. The number of rotatable bonds is 2. The number of hydrogen-bond donors (Lipinski definition) is 0. The molecule has 1 aliphatic heterocycles. The van der Waals surface area contributed by atoms with Gasteiger partial charge in [-0.2, -0.15) is 0 Å². The van der Waals surface area contributed by atoms with Gasteiger partial charge in [-0.05, 0) is 19.1 Å². The first-order valence-electron chi connectivity index (χ1n) is 4.16. The number of hydrogen-bond acceptors (Lipinski definition) is 2. The molecule has 0 aliphatic carbocycles. The molecule has 0 saturated carbocycles. The van der Waals surface area contributed by atoms with Crippen LogP contribution in [-0.4, -0.2) is 19.3 Å². The molecule has 0 N–H and O–H groups in total. The minimum atomic E-state index is 0.271. The van der Waals surface area contributed by atoms with E-state index in [9.17, 15) is 0 Å². The molecule has 1 aromatic rings. The lowest BCUT2D eigenvalue weighted by Gasteiger charge is -2.26. The maximum atomic E-state index is 5.58. The van der Waals surface area contributed by atoms with Crippen LogP contribution in [0.5, 0.6) is 5.75 Å². The Morgan fingerprint density at radius 1 is 1.25 bits per heavy atom. The largest absolute Gasteiger partial charge is 0.486 e. The van der Waals surface area contributed by atoms with Gasteiger partial charge in [0, 0.05) is 0 Å². The molecule has 0 bridgehead atoms. The van der Waals surface area contributed by atoms with E-state index in [1.54, 1.807) is 0 Å². The van der Waals surface area contributed by atoms with Crippen molar-refractivity contribution in [3.05, 3.63) is 29.8 Å². The smallest absolute Gasteiger partial charge is 0.145 e. The van der Waals surface area contributed by atoms with Gasteiger partial charge in [-0.1, -0.05) is 17.7 Å². The average molecular weight is 164 g/mol. The first-order valence-corrected chi connectivity index (χ1v) is 4.16. The molecule has 1 fully saturated rings. The Balaban J connectivity index is 1.98. The van der Waals surface area contributed by atoms with Crippen LogP contribution in [0.15, 0.2) is 24.3 Å². The van der Waals surface area contributed by atoms with Crippen LogP contribution in [0, 0.1) is 6.92 Å². The fraction of sp³-hybridized carbons (Fsp3) is 0.400. The van der Waals surface area contributed by atoms with Crippen molar-refractivity contribution < 1.29 is 9.47 Å². The van der Waals surface area contributed by atoms with Gasteiger partial charge in [0.15, 0.2) is 0 Å². The molecule has 2 nitrogen and oxygen atoms in total. The second-order valence-electron chi connectivity index (χ2n) is 3.09. The van der Waals surface area contributed by atoms with Crippen LogP contribution in [0.2, 0.25) is 0 Å². The van der Waals surface area contributed by atoms with E-state index in [-0.39, 0.29) is 6.10 Å². The van der Waals surface area contributed by atoms with E-state index >= 15 is 0 Å². The number of benzene rings is 1. The van der Waals surface area contributed by atoms with Gasteiger partial charge >= 0.3 is 0 Å². The van der Waals surface area contributed by atoms with E-state index < -0.39 is 0 Å². The average Bonchev–Trinajstić information content (AvgIpc) is 2.00. The molecule has 1 saturated heterocycles. The first kappa shape index (κ1) is 7.62. The summed E-state index contributed by atoms with van der Waals surface area (Å²) in [6.45, 7) is 3.53. The molecule has 1 aromatic carbocycles. The van der Waals surface area contributed by atoms with Gasteiger partial charge in [-0.3, -0.25) is 0 Å². The van der Waals surface area contributed by atoms with Crippen molar-refractivity contribution in [2.75, 3.05) is 13.2 Å². The van der Waals surface area contributed by atoms with E-state index in [2.05, 4.69) is 19.1 Å². The van der Waals surface area contributed by atoms with E-state index in [1.165, 1.54) is 5.56 Å².